The predicted octanol–water partition coefficient (Wildman–Crippen LogP) is 3.26. The van der Waals surface area contributed by atoms with Crippen LogP contribution in [0.3, 0.4) is 0 Å². The Morgan fingerprint density at radius 3 is 2.53 bits per heavy atom. The summed E-state index contributed by atoms with van der Waals surface area (Å²) in [7, 11) is 0. The second-order valence-electron chi connectivity index (χ2n) is 3.79. The molecule has 1 amide bonds. The number of hydrogen-bond acceptors (Lipinski definition) is 4. The minimum absolute atomic E-state index is 0.115. The van der Waals surface area contributed by atoms with Crippen LogP contribution in [0.4, 0.5) is 0 Å². The first kappa shape index (κ1) is 13.6. The molecule has 1 heterocycles. The molecule has 0 spiro atoms. The van der Waals surface area contributed by atoms with Gasteiger partial charge in [-0.1, -0.05) is 11.6 Å². The van der Waals surface area contributed by atoms with E-state index in [9.17, 15) is 4.79 Å². The summed E-state index contributed by atoms with van der Waals surface area (Å²) >= 11 is 7.23. The highest BCUT2D eigenvalue weighted by atomic mass is 35.5. The van der Waals surface area contributed by atoms with Crippen molar-refractivity contribution >= 4 is 34.6 Å². The Kier molecular flexibility index (Phi) is 4.19. The Labute approximate surface area is 119 Å². The molecule has 0 fully saturated rings. The summed E-state index contributed by atoms with van der Waals surface area (Å²) in [5.74, 6) is -0.216. The van der Waals surface area contributed by atoms with Crippen LogP contribution in [0, 0.1) is 0 Å². The molecule has 19 heavy (non-hydrogen) atoms. The number of benzene rings is 1. The van der Waals surface area contributed by atoms with Gasteiger partial charge in [-0.05, 0) is 43.3 Å². The van der Waals surface area contributed by atoms with Gasteiger partial charge in [-0.3, -0.25) is 4.79 Å². The molecule has 0 aliphatic heterocycles. The predicted molar refractivity (Wildman–Crippen MR) is 77.1 cm³/mol. The van der Waals surface area contributed by atoms with Gasteiger partial charge in [0.2, 0.25) is 0 Å². The van der Waals surface area contributed by atoms with Crippen molar-refractivity contribution in [2.24, 2.45) is 5.10 Å². The number of amides is 1. The number of carbonyl (C=O) groups excluding carboxylic acids is 1. The van der Waals surface area contributed by atoms with Gasteiger partial charge in [-0.15, -0.1) is 11.3 Å². The lowest BCUT2D eigenvalue weighted by atomic mass is 10.2. The Hall–Kier alpha value is -1.85. The van der Waals surface area contributed by atoms with Crippen molar-refractivity contribution in [3.05, 3.63) is 51.2 Å². The molecule has 98 valence electrons. The van der Waals surface area contributed by atoms with E-state index in [4.69, 9.17) is 16.7 Å². The number of rotatable bonds is 3. The third-order valence-electron chi connectivity index (χ3n) is 2.38. The molecule has 1 aromatic heterocycles. The number of hydrazone groups is 1. The average molecular weight is 295 g/mol. The summed E-state index contributed by atoms with van der Waals surface area (Å²) < 4.78 is 0.675. The summed E-state index contributed by atoms with van der Waals surface area (Å²) in [6.45, 7) is 1.79. The Balaban J connectivity index is 2.05. The first-order valence-corrected chi connectivity index (χ1v) is 6.65. The van der Waals surface area contributed by atoms with E-state index in [2.05, 4.69) is 10.5 Å². The molecule has 1 aromatic carbocycles. The number of carbonyl (C=O) groups is 1. The number of thiophene rings is 1. The van der Waals surface area contributed by atoms with Gasteiger partial charge in [-0.2, -0.15) is 5.10 Å². The van der Waals surface area contributed by atoms with Crippen LogP contribution in [-0.2, 0) is 0 Å². The summed E-state index contributed by atoms with van der Waals surface area (Å²) in [6.07, 6.45) is 0. The molecule has 0 saturated heterocycles. The molecular weight excluding hydrogens is 284 g/mol. The fourth-order valence-corrected chi connectivity index (χ4v) is 2.36. The third-order valence-corrected chi connectivity index (χ3v) is 3.72. The fourth-order valence-electron chi connectivity index (χ4n) is 1.38. The fraction of sp³-hybridized carbons (Fsp3) is 0.0769. The van der Waals surface area contributed by atoms with Crippen LogP contribution >= 0.6 is 22.9 Å². The Bertz CT molecular complexity index is 620. The highest BCUT2D eigenvalue weighted by molar-refractivity contribution is 7.18. The lowest BCUT2D eigenvalue weighted by molar-refractivity contribution is 0.0955. The van der Waals surface area contributed by atoms with Crippen LogP contribution in [0.1, 0.15) is 22.2 Å². The van der Waals surface area contributed by atoms with Crippen LogP contribution in [0.25, 0.3) is 0 Å². The summed E-state index contributed by atoms with van der Waals surface area (Å²) in [5.41, 5.74) is 3.57. The average Bonchev–Trinajstić information content (AvgIpc) is 2.83. The van der Waals surface area contributed by atoms with Crippen LogP contribution in [0.5, 0.6) is 5.75 Å². The largest absolute Gasteiger partial charge is 0.508 e. The van der Waals surface area contributed by atoms with Crippen LogP contribution in [0.15, 0.2) is 41.5 Å². The SMILES string of the molecule is CC(=NNC(=O)c1ccc(O)cc1)c1ccc(Cl)s1. The molecular formula is C13H11ClN2O2S. The van der Waals surface area contributed by atoms with Gasteiger partial charge in [0.15, 0.2) is 0 Å². The van der Waals surface area contributed by atoms with Crippen molar-refractivity contribution in [1.29, 1.82) is 0 Å². The van der Waals surface area contributed by atoms with Gasteiger partial charge in [0.25, 0.3) is 5.91 Å². The monoisotopic (exact) mass is 294 g/mol. The van der Waals surface area contributed by atoms with Gasteiger partial charge >= 0.3 is 0 Å². The molecule has 0 unspecified atom stereocenters. The summed E-state index contributed by atoms with van der Waals surface area (Å²) in [5, 5.41) is 13.2. The molecule has 0 bridgehead atoms. The number of nitrogens with one attached hydrogen (secondary N) is 1. The number of phenolic OH excluding ortho intramolecular Hbond substituents is 1. The Morgan fingerprint density at radius 1 is 1.26 bits per heavy atom. The highest BCUT2D eigenvalue weighted by Gasteiger charge is 2.06. The first-order chi connectivity index (χ1) is 9.06. The lowest BCUT2D eigenvalue weighted by Gasteiger charge is -2.01. The number of halogens is 1. The van der Waals surface area contributed by atoms with Gasteiger partial charge < -0.3 is 5.11 Å². The maximum absolute atomic E-state index is 11.8. The maximum Gasteiger partial charge on any atom is 0.271 e. The third kappa shape index (κ3) is 3.56. The molecule has 0 aliphatic rings. The number of hydrogen-bond donors (Lipinski definition) is 2. The molecule has 0 atom stereocenters. The van der Waals surface area contributed by atoms with Crippen molar-refractivity contribution in [1.82, 2.24) is 5.43 Å². The van der Waals surface area contributed by atoms with E-state index in [1.54, 1.807) is 13.0 Å². The van der Waals surface area contributed by atoms with Crippen LogP contribution < -0.4 is 5.43 Å². The number of phenols is 1. The quantitative estimate of drug-likeness (QED) is 0.674. The second-order valence-corrected chi connectivity index (χ2v) is 5.50. The van der Waals surface area contributed by atoms with E-state index in [1.165, 1.54) is 35.6 Å². The first-order valence-electron chi connectivity index (χ1n) is 5.45. The molecule has 2 aromatic rings. The minimum atomic E-state index is -0.331. The normalized spacial score (nSPS) is 11.4. The van der Waals surface area contributed by atoms with E-state index in [-0.39, 0.29) is 11.7 Å². The zero-order valence-electron chi connectivity index (χ0n) is 10.1. The van der Waals surface area contributed by atoms with Gasteiger partial charge in [-0.25, -0.2) is 5.43 Å². The highest BCUT2D eigenvalue weighted by Crippen LogP contribution is 2.21. The molecule has 0 radical (unpaired) electrons. The van der Waals surface area contributed by atoms with Gasteiger partial charge in [0.1, 0.15) is 5.75 Å². The van der Waals surface area contributed by atoms with Gasteiger partial charge in [0.05, 0.1) is 14.9 Å². The smallest absolute Gasteiger partial charge is 0.271 e. The van der Waals surface area contributed by atoms with E-state index in [1.807, 2.05) is 6.07 Å². The van der Waals surface area contributed by atoms with E-state index >= 15 is 0 Å². The maximum atomic E-state index is 11.8. The molecule has 6 heteroatoms. The summed E-state index contributed by atoms with van der Waals surface area (Å²) in [6, 6.07) is 9.57. The molecule has 0 saturated carbocycles. The summed E-state index contributed by atoms with van der Waals surface area (Å²) in [4.78, 5) is 12.7. The minimum Gasteiger partial charge on any atom is -0.508 e. The molecule has 4 nitrogen and oxygen atoms in total. The number of aromatic hydroxyl groups is 1. The molecule has 2 N–H and O–H groups in total. The van der Waals surface area contributed by atoms with Crippen LogP contribution in [0.2, 0.25) is 4.34 Å². The second kappa shape index (κ2) is 5.86. The Morgan fingerprint density at radius 2 is 1.95 bits per heavy atom. The molecule has 2 rings (SSSR count). The number of nitrogens with zero attached hydrogens (tertiary/aromatic N) is 1. The van der Waals surface area contributed by atoms with E-state index in [0.29, 0.717) is 15.6 Å². The van der Waals surface area contributed by atoms with Crippen molar-refractivity contribution in [2.75, 3.05) is 0 Å². The van der Waals surface area contributed by atoms with Crippen molar-refractivity contribution in [3.8, 4) is 5.75 Å². The van der Waals surface area contributed by atoms with Gasteiger partial charge in [0, 0.05) is 5.56 Å². The van der Waals surface area contributed by atoms with Crippen molar-refractivity contribution in [2.45, 2.75) is 6.92 Å². The van der Waals surface area contributed by atoms with Crippen LogP contribution in [-0.4, -0.2) is 16.7 Å². The topological polar surface area (TPSA) is 61.7 Å². The van der Waals surface area contributed by atoms with Crippen molar-refractivity contribution < 1.29 is 9.90 Å². The van der Waals surface area contributed by atoms with E-state index in [0.717, 1.165) is 4.88 Å². The lowest BCUT2D eigenvalue weighted by Crippen LogP contribution is -2.18. The standard InChI is InChI=1S/C13H11ClN2O2S/c1-8(11-6-7-12(14)19-11)15-16-13(18)9-2-4-10(17)5-3-9/h2-7,17H,1H3,(H,16,18). The molecule has 0 aliphatic carbocycles. The zero-order valence-corrected chi connectivity index (χ0v) is 11.6. The van der Waals surface area contributed by atoms with E-state index < -0.39 is 0 Å². The zero-order chi connectivity index (χ0) is 13.8. The van der Waals surface area contributed by atoms with Crippen molar-refractivity contribution in [3.63, 3.8) is 0 Å².